The van der Waals surface area contributed by atoms with Crippen molar-refractivity contribution in [1.82, 2.24) is 10.2 Å². The summed E-state index contributed by atoms with van der Waals surface area (Å²) in [5, 5.41) is 18.4. The molecule has 1 fully saturated rings. The van der Waals surface area contributed by atoms with Gasteiger partial charge in [-0.15, -0.1) is 5.10 Å². The van der Waals surface area contributed by atoms with Gasteiger partial charge in [-0.3, -0.25) is 0 Å². The van der Waals surface area contributed by atoms with Gasteiger partial charge in [0.15, 0.2) is 5.82 Å². The minimum atomic E-state index is -0.230. The molecule has 1 aromatic carbocycles. The Hall–Kier alpha value is -2.01. The Morgan fingerprint density at radius 3 is 2.61 bits per heavy atom. The first-order valence-electron chi connectivity index (χ1n) is 8.01. The molecule has 0 bridgehead atoms. The molecule has 122 valence electrons. The quantitative estimate of drug-likeness (QED) is 0.942. The van der Waals surface area contributed by atoms with Gasteiger partial charge in [0.2, 0.25) is 0 Å². The Morgan fingerprint density at radius 2 is 1.96 bits per heavy atom. The number of piperidine rings is 1. The van der Waals surface area contributed by atoms with Crippen molar-refractivity contribution >= 4 is 5.82 Å². The van der Waals surface area contributed by atoms with E-state index in [4.69, 9.17) is 0 Å². The monoisotopic (exact) mass is 315 g/mol. The number of hydrogen-bond donors (Lipinski definition) is 1. The Morgan fingerprint density at radius 1 is 1.17 bits per heavy atom. The van der Waals surface area contributed by atoms with Crippen LogP contribution < -0.4 is 4.90 Å². The van der Waals surface area contributed by atoms with Gasteiger partial charge < -0.3 is 10.0 Å². The average Bonchev–Trinajstić information content (AvgIpc) is 2.58. The molecular formula is C18H22FN3O. The fourth-order valence-corrected chi connectivity index (χ4v) is 3.33. The lowest BCUT2D eigenvalue weighted by molar-refractivity contribution is 0.105. The highest BCUT2D eigenvalue weighted by atomic mass is 19.1. The third-order valence-corrected chi connectivity index (χ3v) is 4.60. The summed E-state index contributed by atoms with van der Waals surface area (Å²) in [5.74, 6) is 0.624. The number of aromatic nitrogens is 2. The summed E-state index contributed by atoms with van der Waals surface area (Å²) in [6.07, 6.45) is 2.69. The Balaban J connectivity index is 1.78. The number of aliphatic hydroxyl groups is 1. The fraction of sp³-hybridized carbons (Fsp3) is 0.444. The normalized spacial score (nSPS) is 21.4. The molecule has 0 amide bonds. The molecule has 1 aliphatic heterocycles. The third kappa shape index (κ3) is 3.67. The highest BCUT2D eigenvalue weighted by Gasteiger charge is 2.35. The number of halogens is 1. The zero-order valence-electron chi connectivity index (χ0n) is 13.4. The fourth-order valence-electron chi connectivity index (χ4n) is 3.33. The van der Waals surface area contributed by atoms with E-state index in [2.05, 4.69) is 15.1 Å². The maximum Gasteiger partial charge on any atom is 0.151 e. The van der Waals surface area contributed by atoms with E-state index in [1.54, 1.807) is 12.1 Å². The van der Waals surface area contributed by atoms with Crippen LogP contribution in [0.4, 0.5) is 10.2 Å². The number of anilines is 1. The summed E-state index contributed by atoms with van der Waals surface area (Å²) in [4.78, 5) is 2.19. The molecule has 3 rings (SSSR count). The maximum absolute atomic E-state index is 13.1. The van der Waals surface area contributed by atoms with Gasteiger partial charge >= 0.3 is 0 Å². The summed E-state index contributed by atoms with van der Waals surface area (Å²) in [6, 6.07) is 10.5. The number of hydrogen-bond acceptors (Lipinski definition) is 4. The van der Waals surface area contributed by atoms with Gasteiger partial charge in [0.1, 0.15) is 5.82 Å². The predicted molar refractivity (Wildman–Crippen MR) is 87.8 cm³/mol. The number of nitrogens with zero attached hydrogens (tertiary/aromatic N) is 3. The molecule has 0 radical (unpaired) electrons. The zero-order valence-corrected chi connectivity index (χ0v) is 13.4. The Labute approximate surface area is 136 Å². The van der Waals surface area contributed by atoms with Crippen molar-refractivity contribution in [3.8, 4) is 0 Å². The van der Waals surface area contributed by atoms with E-state index < -0.39 is 0 Å². The number of benzene rings is 1. The van der Waals surface area contributed by atoms with Crippen molar-refractivity contribution in [2.75, 3.05) is 24.6 Å². The molecule has 1 N–H and O–H groups in total. The van der Waals surface area contributed by atoms with Crippen molar-refractivity contribution in [1.29, 1.82) is 0 Å². The Bertz CT molecular complexity index is 644. The number of aliphatic hydroxyl groups excluding tert-OH is 1. The first-order valence-corrected chi connectivity index (χ1v) is 8.01. The number of rotatable bonds is 4. The van der Waals surface area contributed by atoms with Crippen LogP contribution in [0, 0.1) is 18.2 Å². The van der Waals surface area contributed by atoms with Crippen molar-refractivity contribution in [2.24, 2.45) is 5.41 Å². The standard InChI is InChI=1S/C18H22FN3O/c1-14-3-8-17(21-20-14)22-10-2-9-18(12-22,13-23)11-15-4-6-16(19)7-5-15/h3-8,23H,2,9-13H2,1H3. The maximum atomic E-state index is 13.1. The second-order valence-electron chi connectivity index (χ2n) is 6.52. The van der Waals surface area contributed by atoms with Gasteiger partial charge in [-0.25, -0.2) is 4.39 Å². The van der Waals surface area contributed by atoms with Crippen molar-refractivity contribution in [3.05, 3.63) is 53.5 Å². The molecule has 1 aliphatic rings. The summed E-state index contributed by atoms with van der Waals surface area (Å²) in [7, 11) is 0. The summed E-state index contributed by atoms with van der Waals surface area (Å²) in [6.45, 7) is 3.68. The molecule has 4 nitrogen and oxygen atoms in total. The lowest BCUT2D eigenvalue weighted by Crippen LogP contribution is -2.47. The minimum absolute atomic E-state index is 0.111. The van der Waals surface area contributed by atoms with E-state index in [0.717, 1.165) is 49.4 Å². The third-order valence-electron chi connectivity index (χ3n) is 4.60. The minimum Gasteiger partial charge on any atom is -0.396 e. The van der Waals surface area contributed by atoms with Gasteiger partial charge in [0, 0.05) is 18.5 Å². The van der Waals surface area contributed by atoms with Gasteiger partial charge in [-0.05, 0) is 56.0 Å². The van der Waals surface area contributed by atoms with Crippen LogP contribution in [0.15, 0.2) is 36.4 Å². The summed E-state index contributed by atoms with van der Waals surface area (Å²) in [5.41, 5.74) is 1.73. The summed E-state index contributed by atoms with van der Waals surface area (Å²) >= 11 is 0. The molecule has 1 saturated heterocycles. The largest absolute Gasteiger partial charge is 0.396 e. The highest BCUT2D eigenvalue weighted by molar-refractivity contribution is 5.38. The van der Waals surface area contributed by atoms with Crippen molar-refractivity contribution in [2.45, 2.75) is 26.2 Å². The van der Waals surface area contributed by atoms with E-state index in [9.17, 15) is 9.50 Å². The molecule has 23 heavy (non-hydrogen) atoms. The topological polar surface area (TPSA) is 49.2 Å². The zero-order chi connectivity index (χ0) is 16.3. The lowest BCUT2D eigenvalue weighted by atomic mass is 9.75. The first-order chi connectivity index (χ1) is 11.1. The lowest BCUT2D eigenvalue weighted by Gasteiger charge is -2.42. The van der Waals surface area contributed by atoms with Crippen LogP contribution in [-0.2, 0) is 6.42 Å². The second-order valence-corrected chi connectivity index (χ2v) is 6.52. The van der Waals surface area contributed by atoms with Gasteiger partial charge in [0.05, 0.1) is 12.3 Å². The molecule has 0 saturated carbocycles. The molecule has 1 aromatic heterocycles. The van der Waals surface area contributed by atoms with Crippen LogP contribution in [0.2, 0.25) is 0 Å². The molecular weight excluding hydrogens is 293 g/mol. The van der Waals surface area contributed by atoms with Crippen molar-refractivity contribution < 1.29 is 9.50 Å². The predicted octanol–water partition coefficient (Wildman–Crippen LogP) is 2.75. The van der Waals surface area contributed by atoms with Crippen molar-refractivity contribution in [3.63, 3.8) is 0 Å². The van der Waals surface area contributed by atoms with Crippen LogP contribution >= 0.6 is 0 Å². The van der Waals surface area contributed by atoms with Crippen LogP contribution in [0.1, 0.15) is 24.1 Å². The van der Waals surface area contributed by atoms with Crippen LogP contribution in [0.5, 0.6) is 0 Å². The molecule has 1 atom stereocenters. The van der Waals surface area contributed by atoms with Crippen LogP contribution in [-0.4, -0.2) is 35.0 Å². The van der Waals surface area contributed by atoms with E-state index in [1.807, 2.05) is 19.1 Å². The average molecular weight is 315 g/mol. The highest BCUT2D eigenvalue weighted by Crippen LogP contribution is 2.34. The second kappa shape index (κ2) is 6.62. The molecule has 0 spiro atoms. The molecule has 2 heterocycles. The number of aryl methyl sites for hydroxylation is 1. The Kier molecular flexibility index (Phi) is 4.57. The molecule has 2 aromatic rings. The summed E-state index contributed by atoms with van der Waals surface area (Å²) < 4.78 is 13.1. The van der Waals surface area contributed by atoms with E-state index in [1.165, 1.54) is 12.1 Å². The van der Waals surface area contributed by atoms with Crippen LogP contribution in [0.3, 0.4) is 0 Å². The smallest absolute Gasteiger partial charge is 0.151 e. The van der Waals surface area contributed by atoms with Gasteiger partial charge in [-0.1, -0.05) is 12.1 Å². The van der Waals surface area contributed by atoms with E-state index >= 15 is 0 Å². The first kappa shape index (κ1) is 15.9. The molecule has 1 unspecified atom stereocenters. The van der Waals surface area contributed by atoms with Crippen LogP contribution in [0.25, 0.3) is 0 Å². The molecule has 0 aliphatic carbocycles. The van der Waals surface area contributed by atoms with Gasteiger partial charge in [0.25, 0.3) is 0 Å². The van der Waals surface area contributed by atoms with E-state index in [0.29, 0.717) is 0 Å². The van der Waals surface area contributed by atoms with Gasteiger partial charge in [-0.2, -0.15) is 5.10 Å². The van der Waals surface area contributed by atoms with E-state index in [-0.39, 0.29) is 17.8 Å². The SMILES string of the molecule is Cc1ccc(N2CCCC(CO)(Cc3ccc(F)cc3)C2)nn1. The molecule has 5 heteroatoms.